The van der Waals surface area contributed by atoms with Crippen molar-refractivity contribution in [3.05, 3.63) is 87.1 Å². The summed E-state index contributed by atoms with van der Waals surface area (Å²) in [5, 5.41) is 23.8. The Balaban J connectivity index is 1.77. The number of nitrogens with zero attached hydrogens (tertiary/aromatic N) is 6. The smallest absolute Gasteiger partial charge is 0.368 e. The third-order valence-corrected chi connectivity index (χ3v) is 4.76. The van der Waals surface area contributed by atoms with Gasteiger partial charge in [0.15, 0.2) is 0 Å². The number of benzene rings is 2. The van der Waals surface area contributed by atoms with Gasteiger partial charge in [0, 0.05) is 23.8 Å². The van der Waals surface area contributed by atoms with E-state index in [9.17, 15) is 9.90 Å². The van der Waals surface area contributed by atoms with Crippen LogP contribution in [0, 0.1) is 6.92 Å². The number of halogens is 1. The van der Waals surface area contributed by atoms with E-state index in [2.05, 4.69) is 15.5 Å². The van der Waals surface area contributed by atoms with Gasteiger partial charge >= 0.3 is 5.69 Å². The second-order valence-electron chi connectivity index (χ2n) is 6.37. The summed E-state index contributed by atoms with van der Waals surface area (Å²) < 4.78 is 3.96. The average molecular weight is 397 g/mol. The molecule has 28 heavy (non-hydrogen) atoms. The molecule has 4 rings (SSSR count). The molecule has 2 heterocycles. The molecular weight excluding hydrogens is 380 g/mol. The molecule has 0 fully saturated rings. The lowest BCUT2D eigenvalue weighted by atomic mass is 9.99. The highest BCUT2D eigenvalue weighted by Gasteiger charge is 2.22. The van der Waals surface area contributed by atoms with E-state index in [1.54, 1.807) is 41.2 Å². The van der Waals surface area contributed by atoms with Crippen LogP contribution in [0.5, 0.6) is 0 Å². The molecule has 0 amide bonds. The highest BCUT2D eigenvalue weighted by atomic mass is 35.5. The Bertz CT molecular complexity index is 1190. The molecule has 1 atom stereocenters. The maximum Gasteiger partial charge on any atom is 0.368 e. The van der Waals surface area contributed by atoms with Crippen molar-refractivity contribution < 1.29 is 5.11 Å². The van der Waals surface area contributed by atoms with Crippen molar-refractivity contribution >= 4 is 11.6 Å². The van der Waals surface area contributed by atoms with Crippen LogP contribution in [-0.4, -0.2) is 34.7 Å². The highest BCUT2D eigenvalue weighted by molar-refractivity contribution is 6.30. The van der Waals surface area contributed by atoms with Crippen LogP contribution in [0.4, 0.5) is 0 Å². The van der Waals surface area contributed by atoms with E-state index in [0.717, 1.165) is 15.9 Å². The molecule has 0 aliphatic carbocycles. The molecule has 9 heteroatoms. The molecule has 1 unspecified atom stereocenters. The van der Waals surface area contributed by atoms with Crippen LogP contribution < -0.4 is 5.69 Å². The van der Waals surface area contributed by atoms with Crippen LogP contribution in [-0.2, 0) is 7.05 Å². The molecule has 0 aliphatic heterocycles. The number of hydrogen-bond donors (Lipinski definition) is 1. The zero-order valence-corrected chi connectivity index (χ0v) is 15.9. The summed E-state index contributed by atoms with van der Waals surface area (Å²) in [7, 11) is 1.52. The van der Waals surface area contributed by atoms with E-state index >= 15 is 0 Å². The summed E-state index contributed by atoms with van der Waals surface area (Å²) in [5.41, 5.74) is 2.69. The Hall–Kier alpha value is -3.23. The van der Waals surface area contributed by atoms with Gasteiger partial charge in [0.05, 0.1) is 17.1 Å². The number of aromatic nitrogens is 6. The fourth-order valence-corrected chi connectivity index (χ4v) is 3.17. The largest absolute Gasteiger partial charge is 0.382 e. The topological polar surface area (TPSA) is 90.8 Å². The van der Waals surface area contributed by atoms with Crippen molar-refractivity contribution in [2.45, 2.75) is 13.0 Å². The number of aliphatic hydroxyl groups excluding tert-OH is 1. The molecule has 0 spiro atoms. The van der Waals surface area contributed by atoms with Crippen LogP contribution in [0.3, 0.4) is 0 Å². The molecule has 0 radical (unpaired) electrons. The van der Waals surface area contributed by atoms with Crippen molar-refractivity contribution in [1.29, 1.82) is 0 Å². The van der Waals surface area contributed by atoms with Gasteiger partial charge in [-0.05, 0) is 59.3 Å². The van der Waals surface area contributed by atoms with Crippen molar-refractivity contribution in [3.63, 3.8) is 0 Å². The van der Waals surface area contributed by atoms with E-state index in [0.29, 0.717) is 22.0 Å². The third kappa shape index (κ3) is 3.12. The van der Waals surface area contributed by atoms with E-state index < -0.39 is 11.8 Å². The first-order chi connectivity index (χ1) is 13.5. The predicted octanol–water partition coefficient (Wildman–Crippen LogP) is 2.20. The number of aliphatic hydroxyl groups is 1. The maximum atomic E-state index is 12.3. The van der Waals surface area contributed by atoms with Gasteiger partial charge in [0.2, 0.25) is 0 Å². The zero-order valence-electron chi connectivity index (χ0n) is 15.2. The second kappa shape index (κ2) is 7.06. The lowest BCUT2D eigenvalue weighted by Crippen LogP contribution is -2.23. The van der Waals surface area contributed by atoms with Crippen molar-refractivity contribution in [1.82, 2.24) is 29.6 Å². The summed E-state index contributed by atoms with van der Waals surface area (Å²) in [6.07, 6.45) is 0.715. The minimum absolute atomic E-state index is 0.397. The first kappa shape index (κ1) is 18.1. The van der Waals surface area contributed by atoms with Crippen molar-refractivity contribution in [3.8, 4) is 11.4 Å². The Morgan fingerprint density at radius 3 is 2.50 bits per heavy atom. The maximum absolute atomic E-state index is 12.3. The first-order valence-electron chi connectivity index (χ1n) is 8.54. The molecule has 0 aliphatic rings. The fourth-order valence-electron chi connectivity index (χ4n) is 3.04. The minimum atomic E-state index is -1.04. The number of rotatable bonds is 4. The fraction of sp³-hybridized carbons (Fsp3) is 0.158. The summed E-state index contributed by atoms with van der Waals surface area (Å²) in [4.78, 5) is 12.3. The van der Waals surface area contributed by atoms with E-state index in [4.69, 9.17) is 11.6 Å². The normalized spacial score (nSPS) is 12.3. The van der Waals surface area contributed by atoms with E-state index in [1.807, 2.05) is 25.1 Å². The Labute approximate surface area is 165 Å². The SMILES string of the molecule is Cc1cccc(-n2nnn(C)c2=O)c1C(O)c1ccn(-c2ccc(Cl)cc2)n1. The Kier molecular flexibility index (Phi) is 4.58. The van der Waals surface area contributed by atoms with Crippen molar-refractivity contribution in [2.24, 2.45) is 7.05 Å². The second-order valence-corrected chi connectivity index (χ2v) is 6.81. The molecule has 2 aromatic heterocycles. The van der Waals surface area contributed by atoms with Crippen LogP contribution >= 0.6 is 11.6 Å². The molecule has 0 saturated heterocycles. The van der Waals surface area contributed by atoms with Gasteiger partial charge in [0.25, 0.3) is 0 Å². The quantitative estimate of drug-likeness (QED) is 0.571. The monoisotopic (exact) mass is 396 g/mol. The van der Waals surface area contributed by atoms with Crippen LogP contribution in [0.15, 0.2) is 59.5 Å². The minimum Gasteiger partial charge on any atom is -0.382 e. The molecule has 2 aromatic carbocycles. The molecule has 1 N–H and O–H groups in total. The van der Waals surface area contributed by atoms with E-state index in [1.165, 1.54) is 11.7 Å². The lowest BCUT2D eigenvalue weighted by molar-refractivity contribution is 0.213. The third-order valence-electron chi connectivity index (χ3n) is 4.51. The number of aryl methyl sites for hydroxylation is 2. The van der Waals surface area contributed by atoms with Crippen molar-refractivity contribution in [2.75, 3.05) is 0 Å². The molecule has 142 valence electrons. The van der Waals surface area contributed by atoms with Gasteiger partial charge in [-0.2, -0.15) is 14.5 Å². The average Bonchev–Trinajstić information content (AvgIpc) is 3.30. The Morgan fingerprint density at radius 2 is 1.82 bits per heavy atom. The van der Waals surface area contributed by atoms with Gasteiger partial charge < -0.3 is 5.11 Å². The lowest BCUT2D eigenvalue weighted by Gasteiger charge is -2.16. The summed E-state index contributed by atoms with van der Waals surface area (Å²) >= 11 is 5.93. The summed E-state index contributed by atoms with van der Waals surface area (Å²) in [6.45, 7) is 1.86. The molecule has 4 aromatic rings. The van der Waals surface area contributed by atoms with Gasteiger partial charge in [0.1, 0.15) is 6.10 Å². The van der Waals surface area contributed by atoms with Gasteiger partial charge in [-0.3, -0.25) is 0 Å². The number of tetrazole rings is 1. The first-order valence-corrected chi connectivity index (χ1v) is 8.92. The van der Waals surface area contributed by atoms with Gasteiger partial charge in [-0.25, -0.2) is 9.48 Å². The molecular formula is C19H17ClN6O2. The highest BCUT2D eigenvalue weighted by Crippen LogP contribution is 2.29. The van der Waals surface area contributed by atoms with Crippen LogP contribution in [0.1, 0.15) is 22.9 Å². The predicted molar refractivity (Wildman–Crippen MR) is 104 cm³/mol. The molecule has 8 nitrogen and oxygen atoms in total. The number of hydrogen-bond acceptors (Lipinski definition) is 5. The van der Waals surface area contributed by atoms with Gasteiger partial charge in [-0.1, -0.05) is 23.7 Å². The van der Waals surface area contributed by atoms with E-state index in [-0.39, 0.29) is 0 Å². The summed E-state index contributed by atoms with van der Waals surface area (Å²) in [6, 6.07) is 14.3. The summed E-state index contributed by atoms with van der Waals surface area (Å²) in [5.74, 6) is 0. The van der Waals surface area contributed by atoms with Crippen LogP contribution in [0.25, 0.3) is 11.4 Å². The van der Waals surface area contributed by atoms with Crippen LogP contribution in [0.2, 0.25) is 5.02 Å². The molecule has 0 bridgehead atoms. The molecule has 0 saturated carbocycles. The van der Waals surface area contributed by atoms with Gasteiger partial charge in [-0.15, -0.1) is 0 Å². The zero-order chi connectivity index (χ0) is 19.8. The Morgan fingerprint density at radius 1 is 1.07 bits per heavy atom. The standard InChI is InChI=1S/C19H17ClN6O2/c1-12-4-3-5-16(26-19(28)24(2)22-23-26)17(12)18(27)15-10-11-25(21-15)14-8-6-13(20)7-9-14/h3-11,18,27H,1-2H3.